The molecule has 3 rings (SSSR count). The van der Waals surface area contributed by atoms with E-state index in [2.05, 4.69) is 20.2 Å². The Bertz CT molecular complexity index is 578. The Morgan fingerprint density at radius 3 is 2.28 bits per heavy atom. The number of nitrogens with zero attached hydrogens (tertiary/aromatic N) is 3. The molecule has 0 aliphatic heterocycles. The number of rotatable bonds is 2. The van der Waals surface area contributed by atoms with Gasteiger partial charge in [0.15, 0.2) is 18.6 Å². The van der Waals surface area contributed by atoms with E-state index in [1.54, 1.807) is 6.20 Å². The maximum absolute atomic E-state index is 4.38. The molecule has 0 aliphatic carbocycles. The van der Waals surface area contributed by atoms with Crippen molar-refractivity contribution in [2.45, 2.75) is 0 Å². The monoisotopic (exact) mass is 235 g/mol. The molecule has 0 N–H and O–H groups in total. The van der Waals surface area contributed by atoms with Crippen LogP contribution in [0.3, 0.4) is 0 Å². The molecule has 18 heavy (non-hydrogen) atoms. The first-order chi connectivity index (χ1) is 8.95. The van der Waals surface area contributed by atoms with Crippen LogP contribution in [0.2, 0.25) is 0 Å². The number of hydrogen-bond donors (Lipinski definition) is 0. The van der Waals surface area contributed by atoms with Crippen LogP contribution in [-0.2, 0) is 0 Å². The van der Waals surface area contributed by atoms with E-state index in [4.69, 9.17) is 0 Å². The maximum Gasteiger partial charge on any atom is 0.456 e. The van der Waals surface area contributed by atoms with Crippen molar-refractivity contribution in [3.63, 3.8) is 0 Å². The molecule has 0 aromatic carbocycles. The van der Waals surface area contributed by atoms with Crippen LogP contribution in [0.15, 0.2) is 79.4 Å². The molecule has 0 atom stereocenters. The average molecular weight is 235 g/mol. The molecule has 0 unspecified atom stereocenters. The Labute approximate surface area is 106 Å². The molecule has 0 spiro atoms. The second-order valence-electron chi connectivity index (χ2n) is 3.90. The van der Waals surface area contributed by atoms with Crippen molar-refractivity contribution in [1.29, 1.82) is 0 Å². The second kappa shape index (κ2) is 4.75. The van der Waals surface area contributed by atoms with Gasteiger partial charge in [0.05, 0.1) is 6.07 Å². The fraction of sp³-hybridized carbons (Fsp3) is 0. The van der Waals surface area contributed by atoms with E-state index in [-0.39, 0.29) is 0 Å². The zero-order valence-corrected chi connectivity index (χ0v) is 9.85. The largest absolute Gasteiger partial charge is 0.456 e. The fourth-order valence-corrected chi connectivity index (χ4v) is 1.89. The smallest absolute Gasteiger partial charge is 0.195 e. The zero-order valence-electron chi connectivity index (χ0n) is 9.85. The minimum Gasteiger partial charge on any atom is -0.195 e. The highest BCUT2D eigenvalue weighted by Crippen LogP contribution is 1.98. The summed E-state index contributed by atoms with van der Waals surface area (Å²) < 4.78 is 4.12. The van der Waals surface area contributed by atoms with Crippen molar-refractivity contribution in [3.05, 3.63) is 79.4 Å². The lowest BCUT2D eigenvalue weighted by atomic mass is 10.4. The van der Waals surface area contributed by atoms with Gasteiger partial charge in [0.25, 0.3) is 0 Å². The highest BCUT2D eigenvalue weighted by Gasteiger charge is 2.21. The van der Waals surface area contributed by atoms with Gasteiger partial charge in [0, 0.05) is 30.5 Å². The molecule has 0 saturated carbocycles. The molecule has 0 bridgehead atoms. The van der Waals surface area contributed by atoms with E-state index in [9.17, 15) is 0 Å². The van der Waals surface area contributed by atoms with Crippen LogP contribution in [0.4, 0.5) is 0 Å². The third-order valence-electron chi connectivity index (χ3n) is 2.71. The molecule has 0 amide bonds. The van der Waals surface area contributed by atoms with Gasteiger partial charge in [-0.15, -0.1) is 4.57 Å². The number of aromatic nitrogens is 3. The van der Waals surface area contributed by atoms with Crippen LogP contribution in [0.5, 0.6) is 0 Å². The van der Waals surface area contributed by atoms with Crippen LogP contribution in [0, 0.1) is 0 Å². The molecular weight excluding hydrogens is 222 g/mol. The highest BCUT2D eigenvalue weighted by molar-refractivity contribution is 5.14. The van der Waals surface area contributed by atoms with E-state index >= 15 is 0 Å². The maximum atomic E-state index is 4.38. The van der Waals surface area contributed by atoms with Gasteiger partial charge in [0.1, 0.15) is 0 Å². The first-order valence-corrected chi connectivity index (χ1v) is 5.84. The quantitative estimate of drug-likeness (QED) is 0.618. The van der Waals surface area contributed by atoms with Gasteiger partial charge in [-0.25, -0.2) is 0 Å². The van der Waals surface area contributed by atoms with E-state index in [1.807, 2.05) is 67.1 Å². The Kier molecular flexibility index (Phi) is 2.80. The van der Waals surface area contributed by atoms with Crippen molar-refractivity contribution < 1.29 is 9.13 Å². The molecule has 0 fully saturated rings. The van der Waals surface area contributed by atoms with E-state index in [0.29, 0.717) is 0 Å². The Morgan fingerprint density at radius 1 is 0.722 bits per heavy atom. The third-order valence-corrected chi connectivity index (χ3v) is 2.71. The second-order valence-corrected chi connectivity index (χ2v) is 3.90. The summed E-state index contributed by atoms with van der Waals surface area (Å²) in [6.45, 7) is 0. The van der Waals surface area contributed by atoms with Crippen molar-refractivity contribution in [3.8, 4) is 11.6 Å². The molecule has 0 aliphatic rings. The van der Waals surface area contributed by atoms with Gasteiger partial charge in [-0.3, -0.25) is 0 Å². The topological polar surface area (TPSA) is 20.6 Å². The fourth-order valence-electron chi connectivity index (χ4n) is 1.89. The minimum atomic E-state index is 0.907. The summed E-state index contributed by atoms with van der Waals surface area (Å²) in [4.78, 5) is 4.38. The molecule has 3 heterocycles. The Hall–Kier alpha value is -2.55. The van der Waals surface area contributed by atoms with Gasteiger partial charge in [-0.1, -0.05) is 16.7 Å². The van der Waals surface area contributed by atoms with Crippen LogP contribution in [0.1, 0.15) is 0 Å². The summed E-state index contributed by atoms with van der Waals surface area (Å²) in [7, 11) is 0. The molecule has 0 radical (unpaired) electrons. The third kappa shape index (κ3) is 1.98. The summed E-state index contributed by atoms with van der Waals surface area (Å²) in [6.07, 6.45) is 7.86. The summed E-state index contributed by atoms with van der Waals surface area (Å²) in [5.74, 6) is 1.96. The SMILES string of the molecule is c1cc[n+](-c2cccc[n+]2-c2ccccn2)cc1. The van der Waals surface area contributed by atoms with Crippen molar-refractivity contribution in [2.24, 2.45) is 0 Å². The van der Waals surface area contributed by atoms with Crippen molar-refractivity contribution >= 4 is 0 Å². The van der Waals surface area contributed by atoms with Gasteiger partial charge in [0.2, 0.25) is 0 Å². The van der Waals surface area contributed by atoms with E-state index < -0.39 is 0 Å². The molecule has 0 saturated heterocycles. The lowest BCUT2D eigenvalue weighted by Gasteiger charge is -1.96. The van der Waals surface area contributed by atoms with Crippen LogP contribution in [-0.4, -0.2) is 4.98 Å². The van der Waals surface area contributed by atoms with Crippen molar-refractivity contribution in [1.82, 2.24) is 4.98 Å². The summed E-state index contributed by atoms with van der Waals surface area (Å²) in [5, 5.41) is 0. The normalized spacial score (nSPS) is 10.2. The zero-order chi connectivity index (χ0) is 12.2. The van der Waals surface area contributed by atoms with E-state index in [0.717, 1.165) is 11.6 Å². The lowest BCUT2D eigenvalue weighted by molar-refractivity contribution is -0.742. The standard InChI is InChI=1S/C15H13N3/c1-5-11-17(12-6-1)15-9-3-7-13-18(15)14-8-2-4-10-16-14/h1-13H/q+2. The van der Waals surface area contributed by atoms with Gasteiger partial charge >= 0.3 is 11.6 Å². The number of hydrogen-bond acceptors (Lipinski definition) is 1. The van der Waals surface area contributed by atoms with Crippen LogP contribution >= 0.6 is 0 Å². The summed E-state index contributed by atoms with van der Waals surface area (Å²) in [5.41, 5.74) is 0. The molecule has 3 aromatic rings. The number of pyridine rings is 3. The summed E-state index contributed by atoms with van der Waals surface area (Å²) >= 11 is 0. The van der Waals surface area contributed by atoms with Crippen LogP contribution < -0.4 is 9.13 Å². The van der Waals surface area contributed by atoms with Gasteiger partial charge in [-0.05, 0) is 12.1 Å². The molecule has 3 heteroatoms. The predicted octanol–water partition coefficient (Wildman–Crippen LogP) is 1.63. The summed E-state index contributed by atoms with van der Waals surface area (Å²) in [6, 6.07) is 18.0. The Balaban J connectivity index is 2.18. The highest BCUT2D eigenvalue weighted by atomic mass is 15.2. The Morgan fingerprint density at radius 2 is 1.50 bits per heavy atom. The van der Waals surface area contributed by atoms with E-state index in [1.165, 1.54) is 0 Å². The molecular formula is C15H13N3+2. The van der Waals surface area contributed by atoms with Crippen LogP contribution in [0.25, 0.3) is 11.6 Å². The first-order valence-electron chi connectivity index (χ1n) is 5.84. The van der Waals surface area contributed by atoms with Crippen molar-refractivity contribution in [2.75, 3.05) is 0 Å². The van der Waals surface area contributed by atoms with Gasteiger partial charge in [-0.2, -0.15) is 4.98 Å². The van der Waals surface area contributed by atoms with Gasteiger partial charge < -0.3 is 0 Å². The molecule has 86 valence electrons. The molecule has 3 aromatic heterocycles. The predicted molar refractivity (Wildman–Crippen MR) is 67.3 cm³/mol. The average Bonchev–Trinajstić information content (AvgIpc) is 2.49. The first kappa shape index (κ1) is 10.6. The minimum absolute atomic E-state index is 0.907. The molecule has 3 nitrogen and oxygen atoms in total. The lowest BCUT2D eigenvalue weighted by Crippen LogP contribution is -2.47.